The van der Waals surface area contributed by atoms with E-state index in [0.717, 1.165) is 0 Å². The van der Waals surface area contributed by atoms with Crippen molar-refractivity contribution in [2.45, 2.75) is 6.18 Å². The Morgan fingerprint density at radius 2 is 1.60 bits per heavy atom. The van der Waals surface area contributed by atoms with Gasteiger partial charge in [0.15, 0.2) is 4.91 Å². The molecule has 0 rings (SSSR count). The van der Waals surface area contributed by atoms with Gasteiger partial charge in [-0.3, -0.25) is 0 Å². The lowest BCUT2D eigenvalue weighted by Crippen LogP contribution is -2.15. The van der Waals surface area contributed by atoms with E-state index < -0.39 is 21.3 Å². The average molecular weight is 178 g/mol. The van der Waals surface area contributed by atoms with Crippen LogP contribution in [0.3, 0.4) is 0 Å². The quantitative estimate of drug-likeness (QED) is 0.448. The molecule has 0 atom stereocenters. The summed E-state index contributed by atoms with van der Waals surface area (Å²) in [4.78, 5) is -2.37. The van der Waals surface area contributed by atoms with Crippen molar-refractivity contribution in [3.05, 3.63) is 11.5 Å². The Morgan fingerprint density at radius 3 is 1.60 bits per heavy atom. The lowest BCUT2D eigenvalue weighted by atomic mass is 10.6. The molecule has 0 aromatic rings. The molecule has 0 saturated carbocycles. The Bertz CT molecular complexity index is 236. The maximum Gasteiger partial charge on any atom is 0.429 e. The van der Waals surface area contributed by atoms with Crippen LogP contribution in [0.15, 0.2) is 11.5 Å². The van der Waals surface area contributed by atoms with E-state index >= 15 is 0 Å². The van der Waals surface area contributed by atoms with Crippen molar-refractivity contribution in [3.8, 4) is 0 Å². The summed E-state index contributed by atoms with van der Waals surface area (Å²) in [6.45, 7) is 2.01. The van der Waals surface area contributed by atoms with E-state index in [0.29, 0.717) is 0 Å². The fraction of sp³-hybridized carbons (Fsp3) is 0.333. The highest BCUT2D eigenvalue weighted by atomic mass is 32.3. The van der Waals surface area contributed by atoms with E-state index in [2.05, 4.69) is 0 Å². The molecule has 0 aliphatic carbocycles. The van der Waals surface area contributed by atoms with Gasteiger partial charge in [-0.2, -0.15) is 21.6 Å². The van der Waals surface area contributed by atoms with Crippen LogP contribution < -0.4 is 0 Å². The minimum absolute atomic E-state index is 2.01. The Labute approximate surface area is 54.4 Å². The molecule has 60 valence electrons. The summed E-state index contributed by atoms with van der Waals surface area (Å²) in [5.74, 6) is 0. The molecule has 0 saturated heterocycles. The first-order valence-electron chi connectivity index (χ1n) is 1.86. The zero-order valence-corrected chi connectivity index (χ0v) is 5.26. The van der Waals surface area contributed by atoms with Crippen LogP contribution in [-0.2, 0) is 10.2 Å². The topological polar surface area (TPSA) is 34.1 Å². The standard InChI is InChI=1S/C3H2F4O2S/c1-2(3(4,5)6)10(7,8)9/h1H2. The van der Waals surface area contributed by atoms with Gasteiger partial charge in [-0.15, -0.1) is 3.89 Å². The Balaban J connectivity index is 4.75. The number of rotatable bonds is 1. The predicted molar refractivity (Wildman–Crippen MR) is 25.2 cm³/mol. The predicted octanol–water partition coefficient (Wildman–Crippen LogP) is 1.36. The second-order valence-corrected chi connectivity index (χ2v) is 2.73. The summed E-state index contributed by atoms with van der Waals surface area (Å²) in [5.41, 5.74) is 0. The summed E-state index contributed by atoms with van der Waals surface area (Å²) in [7, 11) is -5.68. The minimum Gasteiger partial charge on any atom is -0.189 e. The van der Waals surface area contributed by atoms with Crippen molar-refractivity contribution < 1.29 is 25.5 Å². The van der Waals surface area contributed by atoms with Crippen LogP contribution in [0.25, 0.3) is 0 Å². The summed E-state index contributed by atoms with van der Waals surface area (Å²) in [6.07, 6.45) is -5.21. The number of alkyl halides is 3. The van der Waals surface area contributed by atoms with E-state index in [4.69, 9.17) is 0 Å². The van der Waals surface area contributed by atoms with E-state index in [1.165, 1.54) is 0 Å². The maximum absolute atomic E-state index is 11.4. The summed E-state index contributed by atoms with van der Waals surface area (Å²) in [6, 6.07) is 0. The molecule has 2 nitrogen and oxygen atoms in total. The van der Waals surface area contributed by atoms with E-state index in [9.17, 15) is 25.5 Å². The van der Waals surface area contributed by atoms with Gasteiger partial charge < -0.3 is 0 Å². The van der Waals surface area contributed by atoms with Crippen molar-refractivity contribution >= 4 is 10.2 Å². The van der Waals surface area contributed by atoms with Gasteiger partial charge in [0.25, 0.3) is 0 Å². The fourth-order valence-electron chi connectivity index (χ4n) is 0.138. The highest BCUT2D eigenvalue weighted by Crippen LogP contribution is 2.28. The molecule has 0 radical (unpaired) electrons. The second kappa shape index (κ2) is 2.22. The van der Waals surface area contributed by atoms with Gasteiger partial charge in [0.1, 0.15) is 0 Å². The smallest absolute Gasteiger partial charge is 0.189 e. The molecule has 0 aromatic heterocycles. The first kappa shape index (κ1) is 9.41. The second-order valence-electron chi connectivity index (χ2n) is 1.36. The van der Waals surface area contributed by atoms with Gasteiger partial charge in [-0.1, -0.05) is 6.58 Å². The Kier molecular flexibility index (Phi) is 2.09. The van der Waals surface area contributed by atoms with Crippen molar-refractivity contribution in [2.75, 3.05) is 0 Å². The van der Waals surface area contributed by atoms with Crippen molar-refractivity contribution in [1.82, 2.24) is 0 Å². The lowest BCUT2D eigenvalue weighted by Gasteiger charge is -2.03. The SMILES string of the molecule is C=C(C(F)(F)F)S(=O)(=O)F. The van der Waals surface area contributed by atoms with Crippen LogP contribution in [0.5, 0.6) is 0 Å². The van der Waals surface area contributed by atoms with Crippen molar-refractivity contribution in [2.24, 2.45) is 0 Å². The largest absolute Gasteiger partial charge is 0.429 e. The van der Waals surface area contributed by atoms with Gasteiger partial charge in [-0.05, 0) is 0 Å². The van der Waals surface area contributed by atoms with E-state index in [1.54, 1.807) is 0 Å². The highest BCUT2D eigenvalue weighted by Gasteiger charge is 2.41. The van der Waals surface area contributed by atoms with Crippen molar-refractivity contribution in [1.29, 1.82) is 0 Å². The third-order valence-corrected chi connectivity index (χ3v) is 1.43. The van der Waals surface area contributed by atoms with Crippen LogP contribution in [0.2, 0.25) is 0 Å². The highest BCUT2D eigenvalue weighted by molar-refractivity contribution is 7.90. The first-order valence-corrected chi connectivity index (χ1v) is 3.25. The van der Waals surface area contributed by atoms with Gasteiger partial charge in [-0.25, -0.2) is 0 Å². The zero-order valence-electron chi connectivity index (χ0n) is 4.44. The van der Waals surface area contributed by atoms with Gasteiger partial charge in [0.05, 0.1) is 0 Å². The molecule has 0 amide bonds. The van der Waals surface area contributed by atoms with E-state index in [-0.39, 0.29) is 0 Å². The normalized spacial score (nSPS) is 13.2. The van der Waals surface area contributed by atoms with Crippen LogP contribution >= 0.6 is 0 Å². The molecule has 0 N–H and O–H groups in total. The Hall–Kier alpha value is -0.590. The lowest BCUT2D eigenvalue weighted by molar-refractivity contribution is -0.0844. The van der Waals surface area contributed by atoms with Crippen LogP contribution in [0, 0.1) is 0 Å². The number of allylic oxidation sites excluding steroid dienone is 1. The molecule has 10 heavy (non-hydrogen) atoms. The van der Waals surface area contributed by atoms with Crippen LogP contribution in [0.4, 0.5) is 17.1 Å². The van der Waals surface area contributed by atoms with Gasteiger partial charge >= 0.3 is 16.4 Å². The molecule has 0 aliphatic rings. The van der Waals surface area contributed by atoms with Gasteiger partial charge in [0.2, 0.25) is 0 Å². The number of hydrogen-bond donors (Lipinski definition) is 0. The zero-order chi connectivity index (χ0) is 8.58. The number of hydrogen-bond acceptors (Lipinski definition) is 2. The Morgan fingerprint density at radius 1 is 1.30 bits per heavy atom. The third kappa shape index (κ3) is 2.34. The molecule has 0 spiro atoms. The molecule has 0 fully saturated rings. The molecule has 0 bridgehead atoms. The summed E-state index contributed by atoms with van der Waals surface area (Å²) in [5, 5.41) is 0. The summed E-state index contributed by atoms with van der Waals surface area (Å²) < 4.78 is 64.1. The minimum atomic E-state index is -5.68. The maximum atomic E-state index is 11.4. The fourth-order valence-corrected chi connectivity index (χ4v) is 0.415. The first-order chi connectivity index (χ1) is 4.15. The number of halogens is 4. The van der Waals surface area contributed by atoms with Crippen LogP contribution in [0.1, 0.15) is 0 Å². The molecular formula is C3H2F4O2S. The summed E-state index contributed by atoms with van der Waals surface area (Å²) >= 11 is 0. The average Bonchev–Trinajstić information content (AvgIpc) is 1.59. The van der Waals surface area contributed by atoms with Crippen LogP contribution in [-0.4, -0.2) is 14.6 Å². The third-order valence-electron chi connectivity index (χ3n) is 0.610. The van der Waals surface area contributed by atoms with Gasteiger partial charge in [0, 0.05) is 0 Å². The molecule has 0 heterocycles. The van der Waals surface area contributed by atoms with Crippen molar-refractivity contribution in [3.63, 3.8) is 0 Å². The van der Waals surface area contributed by atoms with E-state index in [1.807, 2.05) is 6.58 Å². The molecule has 0 aromatic carbocycles. The monoisotopic (exact) mass is 178 g/mol. The molecule has 7 heteroatoms. The molecular weight excluding hydrogens is 176 g/mol. The molecule has 0 aliphatic heterocycles. The molecule has 0 unspecified atom stereocenters.